The molecule has 17 heavy (non-hydrogen) atoms. The van der Waals surface area contributed by atoms with Crippen LogP contribution in [0.4, 0.5) is 4.79 Å². The van der Waals surface area contributed by atoms with Crippen molar-refractivity contribution in [2.45, 2.75) is 25.7 Å². The quantitative estimate of drug-likeness (QED) is 0.463. The Morgan fingerprint density at radius 2 is 1.71 bits per heavy atom. The topological polar surface area (TPSA) is 76.7 Å². The molecule has 0 saturated heterocycles. The standard InChI is InChI=1S/C11H22N2O4/c1-16-9-8-13-11(15)12-7-5-3-4-6-10(14)17-2/h3-9H2,1-2H3,(H2,12,13,15). The summed E-state index contributed by atoms with van der Waals surface area (Å²) in [5.74, 6) is -0.185. The largest absolute Gasteiger partial charge is 0.469 e. The SMILES string of the molecule is COCCNC(=O)NCCCCCC(=O)OC. The number of amides is 2. The van der Waals surface area contributed by atoms with E-state index in [-0.39, 0.29) is 12.0 Å². The molecule has 6 heteroatoms. The molecule has 100 valence electrons. The van der Waals surface area contributed by atoms with Gasteiger partial charge in [0.1, 0.15) is 0 Å². The summed E-state index contributed by atoms with van der Waals surface area (Å²) in [6, 6.07) is -0.185. The van der Waals surface area contributed by atoms with Gasteiger partial charge in [0.25, 0.3) is 0 Å². The smallest absolute Gasteiger partial charge is 0.314 e. The van der Waals surface area contributed by atoms with Crippen molar-refractivity contribution in [3.63, 3.8) is 0 Å². The van der Waals surface area contributed by atoms with Crippen molar-refractivity contribution >= 4 is 12.0 Å². The third-order valence-electron chi connectivity index (χ3n) is 2.16. The molecule has 0 fully saturated rings. The Labute approximate surface area is 102 Å². The molecule has 0 aliphatic heterocycles. The number of hydrogen-bond acceptors (Lipinski definition) is 4. The highest BCUT2D eigenvalue weighted by molar-refractivity contribution is 5.73. The van der Waals surface area contributed by atoms with Gasteiger partial charge >= 0.3 is 12.0 Å². The third kappa shape index (κ3) is 11.0. The van der Waals surface area contributed by atoms with E-state index in [1.807, 2.05) is 0 Å². The Balaban J connectivity index is 3.22. The molecule has 0 aromatic heterocycles. The highest BCUT2D eigenvalue weighted by Crippen LogP contribution is 1.99. The number of ether oxygens (including phenoxy) is 2. The molecule has 0 bridgehead atoms. The average molecular weight is 246 g/mol. The van der Waals surface area contributed by atoms with Crippen LogP contribution in [0.15, 0.2) is 0 Å². The summed E-state index contributed by atoms with van der Waals surface area (Å²) in [6.45, 7) is 1.62. The van der Waals surface area contributed by atoms with Crippen LogP contribution in [0.5, 0.6) is 0 Å². The van der Waals surface area contributed by atoms with E-state index in [9.17, 15) is 9.59 Å². The molecule has 0 aromatic carbocycles. The molecule has 2 amide bonds. The van der Waals surface area contributed by atoms with E-state index in [1.54, 1.807) is 7.11 Å². The lowest BCUT2D eigenvalue weighted by Gasteiger charge is -2.06. The van der Waals surface area contributed by atoms with Crippen LogP contribution in [-0.2, 0) is 14.3 Å². The lowest BCUT2D eigenvalue weighted by Crippen LogP contribution is -2.37. The second-order valence-corrected chi connectivity index (χ2v) is 3.56. The summed E-state index contributed by atoms with van der Waals surface area (Å²) < 4.78 is 9.32. The zero-order valence-electron chi connectivity index (χ0n) is 10.6. The molecule has 0 atom stereocenters. The summed E-state index contributed by atoms with van der Waals surface area (Å²) in [5, 5.41) is 5.37. The van der Waals surface area contributed by atoms with E-state index in [0.717, 1.165) is 19.3 Å². The number of unbranched alkanes of at least 4 members (excludes halogenated alkanes) is 2. The summed E-state index contributed by atoms with van der Waals surface area (Å²) in [7, 11) is 2.97. The van der Waals surface area contributed by atoms with Gasteiger partial charge in [-0.15, -0.1) is 0 Å². The van der Waals surface area contributed by atoms with Gasteiger partial charge in [0.15, 0.2) is 0 Å². The van der Waals surface area contributed by atoms with Crippen LogP contribution in [0.1, 0.15) is 25.7 Å². The van der Waals surface area contributed by atoms with Crippen LogP contribution in [-0.4, -0.2) is 45.9 Å². The fourth-order valence-electron chi connectivity index (χ4n) is 1.20. The fourth-order valence-corrected chi connectivity index (χ4v) is 1.20. The minimum atomic E-state index is -0.185. The normalized spacial score (nSPS) is 9.76. The van der Waals surface area contributed by atoms with E-state index >= 15 is 0 Å². The molecule has 0 heterocycles. The van der Waals surface area contributed by atoms with Crippen LogP contribution < -0.4 is 10.6 Å². The van der Waals surface area contributed by atoms with Gasteiger partial charge in [-0.2, -0.15) is 0 Å². The van der Waals surface area contributed by atoms with Crippen molar-refractivity contribution in [1.82, 2.24) is 10.6 Å². The maximum Gasteiger partial charge on any atom is 0.314 e. The Bertz CT molecular complexity index is 222. The lowest BCUT2D eigenvalue weighted by molar-refractivity contribution is -0.140. The van der Waals surface area contributed by atoms with Crippen LogP contribution in [0.2, 0.25) is 0 Å². The van der Waals surface area contributed by atoms with Gasteiger partial charge in [-0.25, -0.2) is 4.79 Å². The monoisotopic (exact) mass is 246 g/mol. The zero-order chi connectivity index (χ0) is 12.9. The van der Waals surface area contributed by atoms with Crippen molar-refractivity contribution in [2.75, 3.05) is 33.9 Å². The van der Waals surface area contributed by atoms with Gasteiger partial charge in [-0.05, 0) is 12.8 Å². The lowest BCUT2D eigenvalue weighted by atomic mass is 10.2. The van der Waals surface area contributed by atoms with Gasteiger partial charge in [-0.1, -0.05) is 6.42 Å². The maximum absolute atomic E-state index is 11.2. The van der Waals surface area contributed by atoms with Gasteiger partial charge in [-0.3, -0.25) is 4.79 Å². The second-order valence-electron chi connectivity index (χ2n) is 3.56. The molecule has 0 aromatic rings. The first kappa shape index (κ1) is 15.7. The van der Waals surface area contributed by atoms with Gasteiger partial charge in [0, 0.05) is 26.6 Å². The number of carbonyl (C=O) groups excluding carboxylic acids is 2. The number of methoxy groups -OCH3 is 2. The highest BCUT2D eigenvalue weighted by Gasteiger charge is 2.00. The van der Waals surface area contributed by atoms with Crippen LogP contribution >= 0.6 is 0 Å². The third-order valence-corrected chi connectivity index (χ3v) is 2.16. The second kappa shape index (κ2) is 11.2. The van der Waals surface area contributed by atoms with Crippen molar-refractivity contribution in [2.24, 2.45) is 0 Å². The fraction of sp³-hybridized carbons (Fsp3) is 0.818. The van der Waals surface area contributed by atoms with Gasteiger partial charge in [0.2, 0.25) is 0 Å². The molecular formula is C11H22N2O4. The van der Waals surface area contributed by atoms with Crippen molar-refractivity contribution < 1.29 is 19.1 Å². The first-order valence-electron chi connectivity index (χ1n) is 5.78. The number of nitrogens with one attached hydrogen (secondary N) is 2. The zero-order valence-corrected chi connectivity index (χ0v) is 10.6. The minimum Gasteiger partial charge on any atom is -0.469 e. The van der Waals surface area contributed by atoms with Crippen molar-refractivity contribution in [1.29, 1.82) is 0 Å². The van der Waals surface area contributed by atoms with E-state index < -0.39 is 0 Å². The maximum atomic E-state index is 11.2. The molecule has 2 N–H and O–H groups in total. The number of rotatable bonds is 9. The molecule has 0 rings (SSSR count). The van der Waals surface area contributed by atoms with Crippen LogP contribution in [0.25, 0.3) is 0 Å². The number of urea groups is 1. The van der Waals surface area contributed by atoms with Gasteiger partial charge in [0.05, 0.1) is 13.7 Å². The average Bonchev–Trinajstić information content (AvgIpc) is 2.33. The summed E-state index contributed by atoms with van der Waals surface area (Å²) in [6.07, 6.45) is 2.98. The number of hydrogen-bond donors (Lipinski definition) is 2. The summed E-state index contributed by atoms with van der Waals surface area (Å²) in [5.41, 5.74) is 0. The molecule has 0 aliphatic rings. The van der Waals surface area contributed by atoms with Crippen molar-refractivity contribution in [3.8, 4) is 0 Å². The predicted molar refractivity (Wildman–Crippen MR) is 63.8 cm³/mol. The number of carbonyl (C=O) groups is 2. The predicted octanol–water partition coefficient (Wildman–Crippen LogP) is 0.665. The molecule has 6 nitrogen and oxygen atoms in total. The Morgan fingerprint density at radius 1 is 1.00 bits per heavy atom. The molecule has 0 spiro atoms. The Kier molecular flexibility index (Phi) is 10.3. The van der Waals surface area contributed by atoms with E-state index in [0.29, 0.717) is 26.1 Å². The summed E-state index contributed by atoms with van der Waals surface area (Å²) >= 11 is 0. The first-order valence-corrected chi connectivity index (χ1v) is 5.78. The Hall–Kier alpha value is -1.30. The van der Waals surface area contributed by atoms with E-state index in [1.165, 1.54) is 7.11 Å². The molecular weight excluding hydrogens is 224 g/mol. The van der Waals surface area contributed by atoms with E-state index in [4.69, 9.17) is 4.74 Å². The first-order chi connectivity index (χ1) is 8.20. The molecule has 0 aliphatic carbocycles. The summed E-state index contributed by atoms with van der Waals surface area (Å²) in [4.78, 5) is 21.9. The number of esters is 1. The van der Waals surface area contributed by atoms with Gasteiger partial charge < -0.3 is 20.1 Å². The van der Waals surface area contributed by atoms with E-state index in [2.05, 4.69) is 15.4 Å². The molecule has 0 saturated carbocycles. The molecule has 0 radical (unpaired) electrons. The minimum absolute atomic E-state index is 0.185. The molecule has 0 unspecified atom stereocenters. The highest BCUT2D eigenvalue weighted by atomic mass is 16.5. The van der Waals surface area contributed by atoms with Crippen molar-refractivity contribution in [3.05, 3.63) is 0 Å². The Morgan fingerprint density at radius 3 is 2.35 bits per heavy atom. The van der Waals surface area contributed by atoms with Crippen LogP contribution in [0.3, 0.4) is 0 Å². The van der Waals surface area contributed by atoms with Crippen LogP contribution in [0, 0.1) is 0 Å².